The third-order valence-corrected chi connectivity index (χ3v) is 3.00. The molecule has 2 aromatic rings. The molecule has 0 unspecified atom stereocenters. The van der Waals surface area contributed by atoms with Gasteiger partial charge in [-0.2, -0.15) is 0 Å². The minimum atomic E-state index is 1.01. The van der Waals surface area contributed by atoms with Gasteiger partial charge < -0.3 is 0 Å². The van der Waals surface area contributed by atoms with Crippen LogP contribution in [0.5, 0.6) is 0 Å². The first kappa shape index (κ1) is 10.3. The lowest BCUT2D eigenvalue weighted by molar-refractivity contribution is 1.24. The Balaban J connectivity index is 1.81. The van der Waals surface area contributed by atoms with Gasteiger partial charge in [0, 0.05) is 10.6 Å². The van der Waals surface area contributed by atoms with E-state index in [9.17, 15) is 0 Å². The van der Waals surface area contributed by atoms with Crippen LogP contribution in [-0.2, 0) is 6.42 Å². The Kier molecular flexibility index (Phi) is 3.86. The van der Waals surface area contributed by atoms with Crippen molar-refractivity contribution >= 4 is 11.8 Å². The average Bonchev–Trinajstić information content (AvgIpc) is 2.32. The van der Waals surface area contributed by atoms with E-state index in [2.05, 4.69) is 54.3 Å². The highest BCUT2D eigenvalue weighted by Gasteiger charge is 1.94. The minimum Gasteiger partial charge on any atom is -0.121 e. The second-order valence-electron chi connectivity index (χ2n) is 3.29. The van der Waals surface area contributed by atoms with Gasteiger partial charge in [-0.05, 0) is 24.1 Å². The predicted molar refractivity (Wildman–Crippen MR) is 66.7 cm³/mol. The zero-order valence-corrected chi connectivity index (χ0v) is 9.28. The van der Waals surface area contributed by atoms with Gasteiger partial charge in [-0.1, -0.05) is 48.5 Å². The highest BCUT2D eigenvalue weighted by atomic mass is 32.2. The van der Waals surface area contributed by atoms with Crippen LogP contribution in [0.25, 0.3) is 0 Å². The standard InChI is InChI=1S/C14H13S/c1-3-7-13(8-4-1)11-12-15-14-9-5-2-6-10-14/h1-10,12H,11H2. The molecule has 0 spiro atoms. The summed E-state index contributed by atoms with van der Waals surface area (Å²) in [4.78, 5) is 1.30. The van der Waals surface area contributed by atoms with Gasteiger partial charge in [0.25, 0.3) is 0 Å². The molecule has 2 rings (SSSR count). The normalized spacial score (nSPS) is 10.1. The van der Waals surface area contributed by atoms with E-state index in [-0.39, 0.29) is 0 Å². The molecule has 0 N–H and O–H groups in total. The van der Waals surface area contributed by atoms with Gasteiger partial charge in [-0.25, -0.2) is 0 Å². The minimum absolute atomic E-state index is 1.01. The summed E-state index contributed by atoms with van der Waals surface area (Å²) in [5.41, 5.74) is 1.36. The van der Waals surface area contributed by atoms with Crippen molar-refractivity contribution in [2.24, 2.45) is 0 Å². The van der Waals surface area contributed by atoms with E-state index in [1.807, 2.05) is 12.1 Å². The topological polar surface area (TPSA) is 0 Å². The van der Waals surface area contributed by atoms with Crippen molar-refractivity contribution in [1.29, 1.82) is 0 Å². The van der Waals surface area contributed by atoms with Crippen molar-refractivity contribution in [3.63, 3.8) is 0 Å². The fraction of sp³-hybridized carbons (Fsp3) is 0.0714. The van der Waals surface area contributed by atoms with Gasteiger partial charge in [0.15, 0.2) is 0 Å². The van der Waals surface area contributed by atoms with Gasteiger partial charge >= 0.3 is 0 Å². The van der Waals surface area contributed by atoms with Crippen molar-refractivity contribution in [3.05, 3.63) is 72.0 Å². The van der Waals surface area contributed by atoms with E-state index in [1.165, 1.54) is 10.5 Å². The van der Waals surface area contributed by atoms with Crippen LogP contribution in [0.2, 0.25) is 0 Å². The summed E-state index contributed by atoms with van der Waals surface area (Å²) in [6, 6.07) is 21.0. The molecule has 2 aromatic carbocycles. The van der Waals surface area contributed by atoms with Crippen LogP contribution in [0, 0.1) is 5.75 Å². The van der Waals surface area contributed by atoms with Gasteiger partial charge in [0.2, 0.25) is 0 Å². The Morgan fingerprint density at radius 1 is 0.800 bits per heavy atom. The fourth-order valence-corrected chi connectivity index (χ4v) is 2.13. The second kappa shape index (κ2) is 5.62. The van der Waals surface area contributed by atoms with E-state index in [0.29, 0.717) is 0 Å². The third-order valence-electron chi connectivity index (χ3n) is 2.12. The molecule has 0 aliphatic heterocycles. The Labute approximate surface area is 95.3 Å². The maximum absolute atomic E-state index is 2.24. The van der Waals surface area contributed by atoms with Crippen LogP contribution in [0.3, 0.4) is 0 Å². The van der Waals surface area contributed by atoms with E-state index in [1.54, 1.807) is 11.8 Å². The third kappa shape index (κ3) is 3.45. The lowest BCUT2D eigenvalue weighted by Gasteiger charge is -2.01. The largest absolute Gasteiger partial charge is 0.121 e. The summed E-state index contributed by atoms with van der Waals surface area (Å²) in [5, 5.41) is 0. The monoisotopic (exact) mass is 213 g/mol. The Morgan fingerprint density at radius 3 is 2.07 bits per heavy atom. The molecule has 0 aromatic heterocycles. The Hall–Kier alpha value is -1.21. The van der Waals surface area contributed by atoms with Gasteiger partial charge in [-0.3, -0.25) is 0 Å². The van der Waals surface area contributed by atoms with Crippen molar-refractivity contribution in [2.75, 3.05) is 0 Å². The smallest absolute Gasteiger partial charge is 0.0260 e. The molecule has 0 fully saturated rings. The molecule has 1 radical (unpaired) electrons. The summed E-state index contributed by atoms with van der Waals surface area (Å²) >= 11 is 1.79. The average molecular weight is 213 g/mol. The van der Waals surface area contributed by atoms with Crippen molar-refractivity contribution in [1.82, 2.24) is 0 Å². The zero-order chi connectivity index (χ0) is 10.3. The van der Waals surface area contributed by atoms with Crippen LogP contribution >= 0.6 is 11.8 Å². The molecule has 0 heterocycles. The molecule has 0 saturated carbocycles. The second-order valence-corrected chi connectivity index (χ2v) is 4.33. The highest BCUT2D eigenvalue weighted by molar-refractivity contribution is 8.01. The van der Waals surface area contributed by atoms with Gasteiger partial charge in [0.05, 0.1) is 0 Å². The molecule has 0 aliphatic rings. The van der Waals surface area contributed by atoms with Crippen LogP contribution in [-0.4, -0.2) is 0 Å². The molecular weight excluding hydrogens is 200 g/mol. The fourth-order valence-electron chi connectivity index (χ4n) is 1.35. The molecule has 75 valence electrons. The molecule has 0 amide bonds. The number of hydrogen-bond donors (Lipinski definition) is 0. The predicted octanol–water partition coefficient (Wildman–Crippen LogP) is 4.18. The first-order chi connectivity index (χ1) is 7.45. The van der Waals surface area contributed by atoms with Crippen LogP contribution in [0.1, 0.15) is 5.56 Å². The molecule has 1 heteroatoms. The highest BCUT2D eigenvalue weighted by Crippen LogP contribution is 2.21. The van der Waals surface area contributed by atoms with E-state index in [0.717, 1.165) is 6.42 Å². The summed E-state index contributed by atoms with van der Waals surface area (Å²) in [6.07, 6.45) is 1.01. The lowest BCUT2D eigenvalue weighted by atomic mass is 10.2. The summed E-state index contributed by atoms with van der Waals surface area (Å²) in [7, 11) is 0. The number of hydrogen-bond acceptors (Lipinski definition) is 1. The van der Waals surface area contributed by atoms with Crippen LogP contribution in [0.15, 0.2) is 65.6 Å². The summed E-state index contributed by atoms with van der Waals surface area (Å²) in [6.45, 7) is 0. The molecular formula is C14H13S. The molecule has 0 atom stereocenters. The van der Waals surface area contributed by atoms with Gasteiger partial charge in [0.1, 0.15) is 0 Å². The van der Waals surface area contributed by atoms with Crippen LogP contribution in [0.4, 0.5) is 0 Å². The number of rotatable bonds is 4. The van der Waals surface area contributed by atoms with E-state index >= 15 is 0 Å². The molecule has 15 heavy (non-hydrogen) atoms. The lowest BCUT2D eigenvalue weighted by Crippen LogP contribution is -1.81. The Morgan fingerprint density at radius 2 is 1.40 bits per heavy atom. The molecule has 0 aliphatic carbocycles. The van der Waals surface area contributed by atoms with Gasteiger partial charge in [-0.15, -0.1) is 11.8 Å². The summed E-state index contributed by atoms with van der Waals surface area (Å²) < 4.78 is 0. The van der Waals surface area contributed by atoms with E-state index in [4.69, 9.17) is 0 Å². The van der Waals surface area contributed by atoms with Crippen molar-refractivity contribution < 1.29 is 0 Å². The summed E-state index contributed by atoms with van der Waals surface area (Å²) in [5.74, 6) is 2.24. The maximum Gasteiger partial charge on any atom is 0.0260 e. The SMILES string of the molecule is [CH](Cc1ccccc1)Sc1ccccc1. The number of benzene rings is 2. The van der Waals surface area contributed by atoms with E-state index < -0.39 is 0 Å². The zero-order valence-electron chi connectivity index (χ0n) is 8.47. The van der Waals surface area contributed by atoms with Crippen molar-refractivity contribution in [3.8, 4) is 0 Å². The quantitative estimate of drug-likeness (QED) is 0.686. The molecule has 0 bridgehead atoms. The first-order valence-corrected chi connectivity index (χ1v) is 5.90. The number of thioether (sulfide) groups is 1. The molecule has 0 saturated heterocycles. The maximum atomic E-state index is 2.24. The first-order valence-electron chi connectivity index (χ1n) is 5.02. The van der Waals surface area contributed by atoms with Crippen molar-refractivity contribution in [2.45, 2.75) is 11.3 Å². The Bertz CT molecular complexity index is 341. The van der Waals surface area contributed by atoms with Crippen LogP contribution < -0.4 is 0 Å². The molecule has 0 nitrogen and oxygen atoms in total.